The van der Waals surface area contributed by atoms with Gasteiger partial charge >= 0.3 is 12.0 Å². The van der Waals surface area contributed by atoms with Crippen LogP contribution in [-0.2, 0) is 14.3 Å². The Kier molecular flexibility index (Phi) is 4.20. The molecule has 8 heteroatoms. The Morgan fingerprint density at radius 2 is 2.05 bits per heavy atom. The van der Waals surface area contributed by atoms with E-state index in [1.165, 1.54) is 4.90 Å². The Morgan fingerprint density at radius 3 is 2.68 bits per heavy atom. The van der Waals surface area contributed by atoms with E-state index >= 15 is 0 Å². The molecule has 0 aromatic heterocycles. The van der Waals surface area contributed by atoms with Crippen molar-refractivity contribution in [2.24, 2.45) is 0 Å². The maximum absolute atomic E-state index is 11.8. The third-order valence-electron chi connectivity index (χ3n) is 2.97. The molecule has 1 heterocycles. The van der Waals surface area contributed by atoms with Gasteiger partial charge < -0.3 is 25.4 Å². The number of aliphatic carboxylic acids is 1. The topological polar surface area (TPSA) is 108 Å². The van der Waals surface area contributed by atoms with E-state index in [-0.39, 0.29) is 31.6 Å². The van der Waals surface area contributed by atoms with Crippen LogP contribution in [0.5, 0.6) is 0 Å². The van der Waals surface area contributed by atoms with E-state index in [1.807, 2.05) is 0 Å². The molecule has 1 aliphatic heterocycles. The second kappa shape index (κ2) is 5.87. The van der Waals surface area contributed by atoms with Crippen molar-refractivity contribution < 1.29 is 24.2 Å². The maximum Gasteiger partial charge on any atom is 0.334 e. The Labute approximate surface area is 110 Å². The SMILES string of the molecule is O=C(CNC(=O)N1CCOC(C(=O)O)C1)NC1CC1. The number of morpholine rings is 1. The summed E-state index contributed by atoms with van der Waals surface area (Å²) in [5.41, 5.74) is 0. The quantitative estimate of drug-likeness (QED) is 0.592. The smallest absolute Gasteiger partial charge is 0.334 e. The number of hydrogen-bond donors (Lipinski definition) is 3. The molecule has 3 N–H and O–H groups in total. The van der Waals surface area contributed by atoms with Crippen LogP contribution in [0.1, 0.15) is 12.8 Å². The molecular formula is C11H17N3O5. The Morgan fingerprint density at radius 1 is 1.32 bits per heavy atom. The second-order valence-corrected chi connectivity index (χ2v) is 4.64. The van der Waals surface area contributed by atoms with Gasteiger partial charge in [-0.3, -0.25) is 4.79 Å². The van der Waals surface area contributed by atoms with Crippen LogP contribution >= 0.6 is 0 Å². The number of hydrogen-bond acceptors (Lipinski definition) is 4. The molecule has 0 radical (unpaired) electrons. The third kappa shape index (κ3) is 4.09. The van der Waals surface area contributed by atoms with Gasteiger partial charge in [-0.05, 0) is 12.8 Å². The highest BCUT2D eigenvalue weighted by Gasteiger charge is 2.29. The second-order valence-electron chi connectivity index (χ2n) is 4.64. The molecule has 0 aromatic rings. The summed E-state index contributed by atoms with van der Waals surface area (Å²) >= 11 is 0. The summed E-state index contributed by atoms with van der Waals surface area (Å²) in [7, 11) is 0. The van der Waals surface area contributed by atoms with Crippen molar-refractivity contribution in [3.05, 3.63) is 0 Å². The average Bonchev–Trinajstić information content (AvgIpc) is 3.20. The van der Waals surface area contributed by atoms with E-state index in [0.29, 0.717) is 6.54 Å². The summed E-state index contributed by atoms with van der Waals surface area (Å²) in [6.07, 6.45) is 0.979. The van der Waals surface area contributed by atoms with Gasteiger partial charge in [0.25, 0.3) is 0 Å². The first-order valence-corrected chi connectivity index (χ1v) is 6.23. The summed E-state index contributed by atoms with van der Waals surface area (Å²) in [5.74, 6) is -1.32. The van der Waals surface area contributed by atoms with Crippen molar-refractivity contribution in [2.45, 2.75) is 25.0 Å². The molecule has 1 saturated carbocycles. The minimum atomic E-state index is -1.09. The van der Waals surface area contributed by atoms with Crippen LogP contribution in [0.15, 0.2) is 0 Å². The number of nitrogens with zero attached hydrogens (tertiary/aromatic N) is 1. The van der Waals surface area contributed by atoms with Crippen molar-refractivity contribution in [3.8, 4) is 0 Å². The van der Waals surface area contributed by atoms with Crippen molar-refractivity contribution in [1.29, 1.82) is 0 Å². The summed E-state index contributed by atoms with van der Waals surface area (Å²) in [5, 5.41) is 14.0. The van der Waals surface area contributed by atoms with Gasteiger partial charge in [0, 0.05) is 12.6 Å². The molecule has 2 aliphatic rings. The number of carboxylic acids is 1. The van der Waals surface area contributed by atoms with Crippen LogP contribution in [0, 0.1) is 0 Å². The summed E-state index contributed by atoms with van der Waals surface area (Å²) < 4.78 is 5.01. The number of amides is 3. The molecule has 2 fully saturated rings. The van der Waals surface area contributed by atoms with Gasteiger partial charge in [0.1, 0.15) is 0 Å². The molecule has 3 amide bonds. The van der Waals surface area contributed by atoms with Crippen molar-refractivity contribution in [2.75, 3.05) is 26.2 Å². The molecule has 1 unspecified atom stereocenters. The van der Waals surface area contributed by atoms with Gasteiger partial charge in [0.15, 0.2) is 6.10 Å². The lowest BCUT2D eigenvalue weighted by Gasteiger charge is -2.30. The normalized spacial score (nSPS) is 22.7. The Hall–Kier alpha value is -1.83. The standard InChI is InChI=1S/C11H17N3O5/c15-9(13-7-1-2-7)5-12-11(18)14-3-4-19-8(6-14)10(16)17/h7-8H,1-6H2,(H,12,18)(H,13,15)(H,16,17). The molecule has 1 aliphatic carbocycles. The minimum Gasteiger partial charge on any atom is -0.479 e. The molecule has 0 aromatic carbocycles. The highest BCUT2D eigenvalue weighted by Crippen LogP contribution is 2.18. The lowest BCUT2D eigenvalue weighted by Crippen LogP contribution is -2.53. The zero-order valence-corrected chi connectivity index (χ0v) is 10.4. The van der Waals surface area contributed by atoms with E-state index in [4.69, 9.17) is 9.84 Å². The lowest BCUT2D eigenvalue weighted by molar-refractivity contribution is -0.154. The molecule has 0 bridgehead atoms. The first-order chi connectivity index (χ1) is 9.06. The van der Waals surface area contributed by atoms with Crippen LogP contribution in [0.3, 0.4) is 0 Å². The largest absolute Gasteiger partial charge is 0.479 e. The molecular weight excluding hydrogens is 254 g/mol. The van der Waals surface area contributed by atoms with Crippen molar-refractivity contribution in [3.63, 3.8) is 0 Å². The summed E-state index contributed by atoms with van der Waals surface area (Å²) in [4.78, 5) is 35.3. The lowest BCUT2D eigenvalue weighted by atomic mass is 10.3. The number of rotatable bonds is 4. The van der Waals surface area contributed by atoms with E-state index in [0.717, 1.165) is 12.8 Å². The molecule has 8 nitrogen and oxygen atoms in total. The van der Waals surface area contributed by atoms with Crippen LogP contribution < -0.4 is 10.6 Å². The first-order valence-electron chi connectivity index (χ1n) is 6.23. The van der Waals surface area contributed by atoms with E-state index in [1.54, 1.807) is 0 Å². The van der Waals surface area contributed by atoms with Gasteiger partial charge in [0.05, 0.1) is 19.7 Å². The number of carboxylic acid groups (broad SMARTS) is 1. The highest BCUT2D eigenvalue weighted by atomic mass is 16.5. The van der Waals surface area contributed by atoms with Gasteiger partial charge in [-0.15, -0.1) is 0 Å². The molecule has 1 atom stereocenters. The number of urea groups is 1. The highest BCUT2D eigenvalue weighted by molar-refractivity contribution is 5.84. The van der Waals surface area contributed by atoms with Gasteiger partial charge in [-0.2, -0.15) is 0 Å². The fourth-order valence-corrected chi connectivity index (χ4v) is 1.76. The third-order valence-corrected chi connectivity index (χ3v) is 2.97. The molecule has 1 saturated heterocycles. The summed E-state index contributed by atoms with van der Waals surface area (Å²) in [6.45, 7) is 0.397. The predicted octanol–water partition coefficient (Wildman–Crippen LogP) is -1.24. The Balaban J connectivity index is 1.72. The first kappa shape index (κ1) is 13.6. The number of ether oxygens (including phenoxy) is 1. The van der Waals surface area contributed by atoms with E-state index in [2.05, 4.69) is 10.6 Å². The molecule has 106 valence electrons. The minimum absolute atomic E-state index is 0.00852. The summed E-state index contributed by atoms with van der Waals surface area (Å²) in [6, 6.07) is -0.190. The maximum atomic E-state index is 11.8. The van der Waals surface area contributed by atoms with Crippen LogP contribution in [0.2, 0.25) is 0 Å². The van der Waals surface area contributed by atoms with Crippen LogP contribution in [-0.4, -0.2) is 66.3 Å². The number of nitrogens with one attached hydrogen (secondary N) is 2. The average molecular weight is 271 g/mol. The number of carbonyl (C=O) groups excluding carboxylic acids is 2. The molecule has 2 rings (SSSR count). The number of carbonyl (C=O) groups is 3. The van der Waals surface area contributed by atoms with Crippen molar-refractivity contribution >= 4 is 17.9 Å². The Bertz CT molecular complexity index is 383. The van der Waals surface area contributed by atoms with Gasteiger partial charge in [-0.1, -0.05) is 0 Å². The van der Waals surface area contributed by atoms with E-state index in [9.17, 15) is 14.4 Å². The molecule has 0 spiro atoms. The van der Waals surface area contributed by atoms with Crippen LogP contribution in [0.4, 0.5) is 4.79 Å². The molecule has 19 heavy (non-hydrogen) atoms. The van der Waals surface area contributed by atoms with E-state index < -0.39 is 18.1 Å². The fourth-order valence-electron chi connectivity index (χ4n) is 1.76. The fraction of sp³-hybridized carbons (Fsp3) is 0.727. The predicted molar refractivity (Wildman–Crippen MR) is 63.5 cm³/mol. The van der Waals surface area contributed by atoms with Crippen LogP contribution in [0.25, 0.3) is 0 Å². The van der Waals surface area contributed by atoms with Gasteiger partial charge in [-0.25, -0.2) is 9.59 Å². The monoisotopic (exact) mass is 271 g/mol. The zero-order valence-electron chi connectivity index (χ0n) is 10.4. The zero-order chi connectivity index (χ0) is 13.8. The van der Waals surface area contributed by atoms with Gasteiger partial charge in [0.2, 0.25) is 5.91 Å². The van der Waals surface area contributed by atoms with Crippen molar-refractivity contribution in [1.82, 2.24) is 15.5 Å².